The van der Waals surface area contributed by atoms with Crippen molar-refractivity contribution < 1.29 is 5.11 Å². The Hall–Kier alpha value is -0.0700. The molecule has 0 aromatic carbocycles. The average molecular weight is 272 g/mol. The maximum Gasteiger partial charge on any atom is 0.125 e. The Balaban J connectivity index is 0. The molecule has 0 aliphatic rings. The van der Waals surface area contributed by atoms with Crippen molar-refractivity contribution in [3.8, 4) is 0 Å². The molecule has 0 saturated carbocycles. The molecular formula is C8H15Cl2N3OS. The van der Waals surface area contributed by atoms with Gasteiger partial charge in [-0.15, -0.1) is 36.6 Å². The minimum atomic E-state index is -0.691. The average Bonchev–Trinajstić information content (AvgIpc) is 2.16. The monoisotopic (exact) mass is 271 g/mol. The van der Waals surface area contributed by atoms with E-state index in [0.717, 1.165) is 4.90 Å². The van der Waals surface area contributed by atoms with E-state index in [-0.39, 0.29) is 31.4 Å². The standard InChI is InChI=1S/C8H13N3OS.2ClH/c1-5-10-4-7(13-2)8(11-5)6(12)3-9;;/h4,6,12H,3,9H2,1-2H3;2*1H. The summed E-state index contributed by atoms with van der Waals surface area (Å²) in [5, 5.41) is 9.54. The van der Waals surface area contributed by atoms with Crippen molar-refractivity contribution in [3.63, 3.8) is 0 Å². The maximum atomic E-state index is 9.54. The van der Waals surface area contributed by atoms with Crippen LogP contribution in [0.5, 0.6) is 0 Å². The fourth-order valence-corrected chi connectivity index (χ4v) is 1.53. The Bertz CT molecular complexity index is 301. The van der Waals surface area contributed by atoms with Gasteiger partial charge in [0.05, 0.1) is 5.69 Å². The molecule has 1 unspecified atom stereocenters. The van der Waals surface area contributed by atoms with Crippen LogP contribution >= 0.6 is 36.6 Å². The van der Waals surface area contributed by atoms with Gasteiger partial charge in [0.2, 0.25) is 0 Å². The summed E-state index contributed by atoms with van der Waals surface area (Å²) in [7, 11) is 0. The second-order valence-corrected chi connectivity index (χ2v) is 3.47. The first-order chi connectivity index (χ1) is 6.19. The van der Waals surface area contributed by atoms with Crippen molar-refractivity contribution in [2.45, 2.75) is 17.9 Å². The molecular weight excluding hydrogens is 257 g/mol. The van der Waals surface area contributed by atoms with Gasteiger partial charge in [0, 0.05) is 17.6 Å². The van der Waals surface area contributed by atoms with E-state index in [0.29, 0.717) is 11.5 Å². The van der Waals surface area contributed by atoms with E-state index >= 15 is 0 Å². The Kier molecular flexibility index (Phi) is 9.39. The molecule has 3 N–H and O–H groups in total. The number of nitrogens with zero attached hydrogens (tertiary/aromatic N) is 2. The highest BCUT2D eigenvalue weighted by Gasteiger charge is 2.12. The molecule has 1 atom stereocenters. The number of nitrogens with two attached hydrogens (primary N) is 1. The highest BCUT2D eigenvalue weighted by Crippen LogP contribution is 2.22. The van der Waals surface area contributed by atoms with Crippen LogP contribution in [-0.2, 0) is 0 Å². The molecule has 0 bridgehead atoms. The van der Waals surface area contributed by atoms with Gasteiger partial charge in [0.25, 0.3) is 0 Å². The molecule has 4 nitrogen and oxygen atoms in total. The number of rotatable bonds is 3. The predicted molar refractivity (Wildman–Crippen MR) is 67.1 cm³/mol. The van der Waals surface area contributed by atoms with Gasteiger partial charge in [0.15, 0.2) is 0 Å². The van der Waals surface area contributed by atoms with Gasteiger partial charge in [-0.1, -0.05) is 0 Å². The molecule has 0 fully saturated rings. The number of hydrogen-bond acceptors (Lipinski definition) is 5. The zero-order chi connectivity index (χ0) is 9.84. The van der Waals surface area contributed by atoms with Crippen LogP contribution in [0.4, 0.5) is 0 Å². The highest BCUT2D eigenvalue weighted by atomic mass is 35.5. The van der Waals surface area contributed by atoms with Crippen LogP contribution in [0.3, 0.4) is 0 Å². The first-order valence-corrected chi connectivity index (χ1v) is 5.17. The quantitative estimate of drug-likeness (QED) is 0.812. The van der Waals surface area contributed by atoms with E-state index in [1.807, 2.05) is 6.26 Å². The molecule has 15 heavy (non-hydrogen) atoms. The molecule has 0 saturated heterocycles. The van der Waals surface area contributed by atoms with Crippen LogP contribution in [0.2, 0.25) is 0 Å². The summed E-state index contributed by atoms with van der Waals surface area (Å²) < 4.78 is 0. The lowest BCUT2D eigenvalue weighted by molar-refractivity contribution is 0.178. The SMILES string of the molecule is CSc1cnc(C)nc1C(O)CN.Cl.Cl. The van der Waals surface area contributed by atoms with Crippen LogP contribution in [0.25, 0.3) is 0 Å². The molecule has 0 aliphatic heterocycles. The van der Waals surface area contributed by atoms with Crippen LogP contribution in [-0.4, -0.2) is 27.9 Å². The van der Waals surface area contributed by atoms with Crippen molar-refractivity contribution in [1.82, 2.24) is 9.97 Å². The number of aliphatic hydroxyl groups is 1. The maximum absolute atomic E-state index is 9.54. The van der Waals surface area contributed by atoms with E-state index < -0.39 is 6.10 Å². The Morgan fingerprint density at radius 1 is 1.53 bits per heavy atom. The van der Waals surface area contributed by atoms with Gasteiger partial charge >= 0.3 is 0 Å². The highest BCUT2D eigenvalue weighted by molar-refractivity contribution is 7.98. The van der Waals surface area contributed by atoms with Crippen molar-refractivity contribution >= 4 is 36.6 Å². The minimum Gasteiger partial charge on any atom is -0.385 e. The molecule has 1 aromatic heterocycles. The molecule has 0 aliphatic carbocycles. The number of thioether (sulfide) groups is 1. The normalized spacial score (nSPS) is 11.2. The Morgan fingerprint density at radius 2 is 2.13 bits per heavy atom. The summed E-state index contributed by atoms with van der Waals surface area (Å²) in [6.07, 6.45) is 2.94. The third-order valence-corrected chi connectivity index (χ3v) is 2.42. The number of aryl methyl sites for hydroxylation is 1. The minimum absolute atomic E-state index is 0. The number of aromatic nitrogens is 2. The first kappa shape index (κ1) is 17.3. The zero-order valence-electron chi connectivity index (χ0n) is 8.51. The van der Waals surface area contributed by atoms with Crippen LogP contribution < -0.4 is 5.73 Å². The summed E-state index contributed by atoms with van der Waals surface area (Å²) in [5.74, 6) is 0.653. The zero-order valence-corrected chi connectivity index (χ0v) is 11.0. The molecule has 0 amide bonds. The predicted octanol–water partition coefficient (Wildman–Crippen LogP) is 1.34. The third kappa shape index (κ3) is 4.53. The van der Waals surface area contributed by atoms with Gasteiger partial charge in [-0.05, 0) is 13.2 Å². The first-order valence-electron chi connectivity index (χ1n) is 3.94. The second-order valence-electron chi connectivity index (χ2n) is 2.62. The largest absolute Gasteiger partial charge is 0.385 e. The van der Waals surface area contributed by atoms with Gasteiger partial charge in [-0.25, -0.2) is 9.97 Å². The van der Waals surface area contributed by atoms with Crippen molar-refractivity contribution in [1.29, 1.82) is 0 Å². The summed E-state index contributed by atoms with van der Waals surface area (Å²) in [4.78, 5) is 9.07. The van der Waals surface area contributed by atoms with Gasteiger partial charge in [-0.3, -0.25) is 0 Å². The van der Waals surface area contributed by atoms with E-state index in [2.05, 4.69) is 9.97 Å². The lowest BCUT2D eigenvalue weighted by atomic mass is 10.2. The second kappa shape index (κ2) is 8.13. The van der Waals surface area contributed by atoms with Crippen LogP contribution in [0.1, 0.15) is 17.6 Å². The summed E-state index contributed by atoms with van der Waals surface area (Å²) in [5.41, 5.74) is 5.99. The van der Waals surface area contributed by atoms with Crippen molar-refractivity contribution in [2.75, 3.05) is 12.8 Å². The van der Waals surface area contributed by atoms with Crippen molar-refractivity contribution in [3.05, 3.63) is 17.7 Å². The van der Waals surface area contributed by atoms with E-state index in [4.69, 9.17) is 5.73 Å². The molecule has 1 heterocycles. The number of halogens is 2. The molecule has 0 radical (unpaired) electrons. The summed E-state index contributed by atoms with van der Waals surface area (Å²) in [6.45, 7) is 1.97. The smallest absolute Gasteiger partial charge is 0.125 e. The lowest BCUT2D eigenvalue weighted by Gasteiger charge is -2.10. The van der Waals surface area contributed by atoms with E-state index in [1.165, 1.54) is 11.8 Å². The van der Waals surface area contributed by atoms with Crippen LogP contribution in [0, 0.1) is 6.92 Å². The number of aliphatic hydroxyl groups excluding tert-OH is 1. The molecule has 0 spiro atoms. The van der Waals surface area contributed by atoms with E-state index in [9.17, 15) is 5.11 Å². The van der Waals surface area contributed by atoms with Gasteiger partial charge in [0.1, 0.15) is 11.9 Å². The van der Waals surface area contributed by atoms with E-state index in [1.54, 1.807) is 13.1 Å². The Morgan fingerprint density at radius 3 is 2.60 bits per heavy atom. The van der Waals surface area contributed by atoms with Crippen LogP contribution in [0.15, 0.2) is 11.1 Å². The summed E-state index contributed by atoms with van der Waals surface area (Å²) >= 11 is 1.51. The lowest BCUT2D eigenvalue weighted by Crippen LogP contribution is -2.14. The van der Waals surface area contributed by atoms with Gasteiger partial charge in [-0.2, -0.15) is 0 Å². The topological polar surface area (TPSA) is 72.0 Å². The van der Waals surface area contributed by atoms with Crippen molar-refractivity contribution in [2.24, 2.45) is 5.73 Å². The third-order valence-electron chi connectivity index (χ3n) is 1.66. The van der Waals surface area contributed by atoms with Gasteiger partial charge < -0.3 is 10.8 Å². The fraction of sp³-hybridized carbons (Fsp3) is 0.500. The molecule has 88 valence electrons. The fourth-order valence-electron chi connectivity index (χ4n) is 0.984. The number of hydrogen-bond donors (Lipinski definition) is 2. The summed E-state index contributed by atoms with van der Waals surface area (Å²) in [6, 6.07) is 0. The molecule has 1 aromatic rings. The molecule has 1 rings (SSSR count). The Labute approximate surface area is 106 Å². The molecule has 7 heteroatoms.